The molecular weight excluding hydrogens is 363 g/mol. The first-order chi connectivity index (χ1) is 9.77. The normalized spacial score (nSPS) is 10.8. The molecule has 0 amide bonds. The van der Waals surface area contributed by atoms with Crippen LogP contribution in [-0.4, -0.2) is 56.5 Å². The predicted molar refractivity (Wildman–Crippen MR) is 109 cm³/mol. The maximum atomic E-state index is 7.50. The molecule has 2 nitrogen and oxygen atoms in total. The molecule has 0 aliphatic carbocycles. The van der Waals surface area contributed by atoms with E-state index >= 15 is 0 Å². The zero-order valence-corrected chi connectivity index (χ0v) is 19.5. The molecule has 0 rings (SSSR count). The second-order valence-corrected chi connectivity index (χ2v) is 13.7. The molecule has 3 radical (unpaired) electrons. The van der Waals surface area contributed by atoms with Gasteiger partial charge in [-0.3, -0.25) is 0 Å². The summed E-state index contributed by atoms with van der Waals surface area (Å²) in [6.45, 7) is 26.1. The van der Waals surface area contributed by atoms with E-state index in [1.54, 1.807) is 0 Å². The monoisotopic (exact) mass is 402 g/mol. The Balaban J connectivity index is -0.000000432. The maximum absolute atomic E-state index is 7.50. The average molecular weight is 402 g/mol. The van der Waals surface area contributed by atoms with Crippen LogP contribution in [0.2, 0.25) is 0 Å². The third-order valence-electron chi connectivity index (χ3n) is 3.75. The van der Waals surface area contributed by atoms with Gasteiger partial charge in [-0.1, -0.05) is 55.4 Å². The summed E-state index contributed by atoms with van der Waals surface area (Å²) in [5.41, 5.74) is 3.50. The van der Waals surface area contributed by atoms with E-state index in [9.17, 15) is 0 Å². The molecule has 0 saturated carbocycles. The van der Waals surface area contributed by atoms with Crippen molar-refractivity contribution in [1.29, 1.82) is 0 Å². The van der Waals surface area contributed by atoms with E-state index in [4.69, 9.17) is 4.65 Å². The molecule has 0 saturated heterocycles. The third-order valence-corrected chi connectivity index (χ3v) is 10.5. The predicted octanol–water partition coefficient (Wildman–Crippen LogP) is 4.22. The molecule has 0 aromatic rings. The van der Waals surface area contributed by atoms with Crippen molar-refractivity contribution < 1.29 is 21.7 Å². The summed E-state index contributed by atoms with van der Waals surface area (Å²) in [6, 6.07) is 0. The second-order valence-electron chi connectivity index (χ2n) is 6.60. The molecule has 0 unspecified atom stereocenters. The molecule has 0 aromatic carbocycles. The van der Waals surface area contributed by atoms with Gasteiger partial charge in [-0.25, -0.2) is 0 Å². The van der Waals surface area contributed by atoms with E-state index in [-0.39, 0.29) is 41.3 Å². The molecule has 0 spiro atoms. The molecular formula is C17H39BFeNOP2. The van der Waals surface area contributed by atoms with Crippen LogP contribution in [0.3, 0.4) is 0 Å². The Morgan fingerprint density at radius 3 is 1.09 bits per heavy atom. The molecule has 0 atom stereocenters. The van der Waals surface area contributed by atoms with Crippen LogP contribution in [0.15, 0.2) is 0 Å². The van der Waals surface area contributed by atoms with E-state index in [1.807, 2.05) is 0 Å². The Bertz CT molecular complexity index is 226. The number of nitrogens with one attached hydrogen (secondary N) is 1. The van der Waals surface area contributed by atoms with Gasteiger partial charge in [0.05, 0.1) is 0 Å². The van der Waals surface area contributed by atoms with Gasteiger partial charge in [0, 0.05) is 8.41 Å². The Morgan fingerprint density at radius 1 is 0.696 bits per heavy atom. The van der Waals surface area contributed by atoms with Crippen LogP contribution in [0.1, 0.15) is 55.4 Å². The van der Waals surface area contributed by atoms with E-state index in [2.05, 4.69) is 67.4 Å². The topological polar surface area (TPSA) is 31.9 Å². The van der Waals surface area contributed by atoms with Gasteiger partial charge in [0.25, 0.3) is 0 Å². The van der Waals surface area contributed by atoms with E-state index in [1.165, 1.54) is 25.4 Å². The standard InChI is InChI=1S/C16H37NP2.CO.B.Fe.2H/c1-13(2)18(14(3)4)11-9-17-10-12-19(15(5)6)16(7)8;1-2;;;;/h13-17H,9-12H2,1-8H3;;;;;. The van der Waals surface area contributed by atoms with Crippen molar-refractivity contribution in [2.45, 2.75) is 78.0 Å². The summed E-state index contributed by atoms with van der Waals surface area (Å²) in [4.78, 5) is 0. The van der Waals surface area contributed by atoms with Gasteiger partial charge in [-0.15, -0.1) is 15.8 Å². The summed E-state index contributed by atoms with van der Waals surface area (Å²) in [5, 5.41) is 3.70. The number of hydrogen-bond acceptors (Lipinski definition) is 1. The summed E-state index contributed by atoms with van der Waals surface area (Å²) in [7, 11) is 0.415. The molecule has 0 aliphatic rings. The van der Waals surface area contributed by atoms with Gasteiger partial charge in [-0.2, -0.15) is 0 Å². The van der Waals surface area contributed by atoms with Crippen molar-refractivity contribution in [3.8, 4) is 0 Å². The quantitative estimate of drug-likeness (QED) is 0.192. The Hall–Kier alpha value is 1.14. The van der Waals surface area contributed by atoms with Gasteiger partial charge >= 0.3 is 28.4 Å². The van der Waals surface area contributed by atoms with E-state index in [0.717, 1.165) is 22.6 Å². The SMILES string of the molecule is CC(C)P(CCNCCP(C(C)C)C(C)C)C(C)C.[B].[C-]#[O+].[FeH2]. The first-order valence-corrected chi connectivity index (χ1v) is 11.5. The first kappa shape index (κ1) is 31.9. The molecule has 0 aromatic heterocycles. The zero-order valence-electron chi connectivity index (χ0n) is 16.4. The van der Waals surface area contributed by atoms with E-state index < -0.39 is 0 Å². The minimum atomic E-state index is 0. The fraction of sp³-hybridized carbons (Fsp3) is 0.941. The third kappa shape index (κ3) is 16.4. The van der Waals surface area contributed by atoms with Crippen molar-refractivity contribution in [1.82, 2.24) is 5.32 Å². The Morgan fingerprint density at radius 2 is 0.913 bits per heavy atom. The van der Waals surface area contributed by atoms with Crippen molar-refractivity contribution in [2.75, 3.05) is 25.4 Å². The second kappa shape index (κ2) is 19.5. The van der Waals surface area contributed by atoms with Gasteiger partial charge in [0.2, 0.25) is 0 Å². The average Bonchev–Trinajstić information content (AvgIpc) is 2.38. The molecule has 139 valence electrons. The van der Waals surface area contributed by atoms with Crippen LogP contribution < -0.4 is 5.32 Å². The number of rotatable bonds is 10. The molecule has 23 heavy (non-hydrogen) atoms. The van der Waals surface area contributed by atoms with Crippen LogP contribution >= 0.6 is 15.8 Å². The molecule has 1 N–H and O–H groups in total. The van der Waals surface area contributed by atoms with Crippen LogP contribution in [0, 0.1) is 6.65 Å². The van der Waals surface area contributed by atoms with Crippen molar-refractivity contribution in [3.05, 3.63) is 6.65 Å². The fourth-order valence-corrected chi connectivity index (χ4v) is 8.05. The Labute approximate surface area is 161 Å². The minimum absolute atomic E-state index is 0. The first-order valence-electron chi connectivity index (χ1n) is 8.20. The molecule has 0 fully saturated rings. The summed E-state index contributed by atoms with van der Waals surface area (Å²) < 4.78 is 7.50. The van der Waals surface area contributed by atoms with Crippen molar-refractivity contribution in [2.24, 2.45) is 0 Å². The fourth-order valence-electron chi connectivity index (χ4n) is 2.77. The molecule has 0 aliphatic heterocycles. The van der Waals surface area contributed by atoms with Crippen LogP contribution in [-0.2, 0) is 21.7 Å². The van der Waals surface area contributed by atoms with Gasteiger partial charge < -0.3 is 5.32 Å². The van der Waals surface area contributed by atoms with Crippen LogP contribution in [0.25, 0.3) is 0 Å². The van der Waals surface area contributed by atoms with Gasteiger partial charge in [0.15, 0.2) is 0 Å². The summed E-state index contributed by atoms with van der Waals surface area (Å²) >= 11 is 0. The van der Waals surface area contributed by atoms with Crippen LogP contribution in [0.5, 0.6) is 0 Å². The summed E-state index contributed by atoms with van der Waals surface area (Å²) in [5.74, 6) is 0. The molecule has 6 heteroatoms. The van der Waals surface area contributed by atoms with Crippen molar-refractivity contribution >= 4 is 24.3 Å². The van der Waals surface area contributed by atoms with Crippen molar-refractivity contribution in [3.63, 3.8) is 0 Å². The molecule has 0 bridgehead atoms. The van der Waals surface area contributed by atoms with E-state index in [0.29, 0.717) is 0 Å². The Kier molecular flexibility index (Phi) is 27.0. The summed E-state index contributed by atoms with van der Waals surface area (Å²) in [6.07, 6.45) is 2.79. The van der Waals surface area contributed by atoms with Crippen LogP contribution in [0.4, 0.5) is 0 Å². The molecule has 0 heterocycles. The van der Waals surface area contributed by atoms with Gasteiger partial charge in [0.1, 0.15) is 0 Å². The van der Waals surface area contributed by atoms with Gasteiger partial charge in [-0.05, 0) is 48.0 Å². The zero-order chi connectivity index (χ0) is 17.0. The number of hydrogen-bond donors (Lipinski definition) is 1.